The van der Waals surface area contributed by atoms with Crippen molar-refractivity contribution in [3.8, 4) is 11.5 Å². The zero-order valence-corrected chi connectivity index (χ0v) is 18.1. The first-order chi connectivity index (χ1) is 15.5. The van der Waals surface area contributed by atoms with Crippen LogP contribution in [0.1, 0.15) is 46.0 Å². The molecule has 0 aliphatic carbocycles. The molecule has 0 fully saturated rings. The summed E-state index contributed by atoms with van der Waals surface area (Å²) in [7, 11) is 1.51. The second-order valence-corrected chi connectivity index (χ2v) is 7.20. The monoisotopic (exact) mass is 431 g/mol. The summed E-state index contributed by atoms with van der Waals surface area (Å²) in [6, 6.07) is 20.9. The van der Waals surface area contributed by atoms with Crippen molar-refractivity contribution in [2.45, 2.75) is 19.8 Å². The number of nitrogens with one attached hydrogen (secondary N) is 1. The minimum absolute atomic E-state index is 0.0546. The first-order valence-corrected chi connectivity index (χ1v) is 10.3. The highest BCUT2D eigenvalue weighted by Crippen LogP contribution is 2.28. The maximum atomic E-state index is 12.6. The Morgan fingerprint density at radius 3 is 2.28 bits per heavy atom. The van der Waals surface area contributed by atoms with E-state index in [9.17, 15) is 14.4 Å². The summed E-state index contributed by atoms with van der Waals surface area (Å²) in [6.45, 7) is 1.80. The van der Waals surface area contributed by atoms with E-state index in [0.717, 1.165) is 0 Å². The van der Waals surface area contributed by atoms with Crippen LogP contribution in [-0.2, 0) is 4.79 Å². The van der Waals surface area contributed by atoms with E-state index < -0.39 is 0 Å². The molecule has 0 saturated heterocycles. The number of benzene rings is 3. The summed E-state index contributed by atoms with van der Waals surface area (Å²) >= 11 is 0. The van der Waals surface area contributed by atoms with E-state index in [4.69, 9.17) is 9.47 Å². The third-order valence-corrected chi connectivity index (χ3v) is 4.82. The Labute approximate surface area is 187 Å². The van der Waals surface area contributed by atoms with Crippen molar-refractivity contribution in [1.82, 2.24) is 0 Å². The predicted octanol–water partition coefficient (Wildman–Crippen LogP) is 4.93. The molecule has 6 nitrogen and oxygen atoms in total. The average Bonchev–Trinajstić information content (AvgIpc) is 2.82. The summed E-state index contributed by atoms with van der Waals surface area (Å²) in [4.78, 5) is 36.4. The Balaban J connectivity index is 1.51. The van der Waals surface area contributed by atoms with E-state index in [2.05, 4.69) is 5.32 Å². The van der Waals surface area contributed by atoms with Crippen molar-refractivity contribution in [3.63, 3.8) is 0 Å². The standard InChI is InChI=1S/C26H25NO5/c1-18(28)20-13-14-23(24(17-20)31-2)32-15-7-12-25(29)27-22-11-6-10-21(16-22)26(30)19-8-4-3-5-9-19/h3-6,8-11,13-14,16-17H,7,12,15H2,1-2H3,(H,27,29). The fraction of sp³-hybridized carbons (Fsp3) is 0.192. The first kappa shape index (κ1) is 22.7. The zero-order valence-electron chi connectivity index (χ0n) is 18.1. The number of methoxy groups -OCH3 is 1. The van der Waals surface area contributed by atoms with Gasteiger partial charge in [-0.15, -0.1) is 0 Å². The SMILES string of the molecule is COc1cc(C(C)=O)ccc1OCCCC(=O)Nc1cccc(C(=O)c2ccccc2)c1. The van der Waals surface area contributed by atoms with Gasteiger partial charge in [-0.05, 0) is 43.7 Å². The fourth-order valence-electron chi connectivity index (χ4n) is 3.14. The number of hydrogen-bond donors (Lipinski definition) is 1. The maximum absolute atomic E-state index is 12.6. The Kier molecular flexibility index (Phi) is 7.75. The van der Waals surface area contributed by atoms with Gasteiger partial charge in [0.2, 0.25) is 5.91 Å². The predicted molar refractivity (Wildman–Crippen MR) is 123 cm³/mol. The third kappa shape index (κ3) is 6.04. The molecule has 6 heteroatoms. The number of rotatable bonds is 10. The largest absolute Gasteiger partial charge is 0.493 e. The Morgan fingerprint density at radius 2 is 1.56 bits per heavy atom. The molecule has 0 spiro atoms. The maximum Gasteiger partial charge on any atom is 0.224 e. The number of Topliss-reactive ketones (excluding diaryl/α,β-unsaturated/α-hetero) is 1. The second kappa shape index (κ2) is 10.9. The van der Waals surface area contributed by atoms with Gasteiger partial charge in [0.05, 0.1) is 13.7 Å². The smallest absolute Gasteiger partial charge is 0.224 e. The second-order valence-electron chi connectivity index (χ2n) is 7.20. The van der Waals surface area contributed by atoms with Crippen molar-refractivity contribution in [2.75, 3.05) is 19.0 Å². The molecule has 3 aromatic carbocycles. The van der Waals surface area contributed by atoms with Gasteiger partial charge < -0.3 is 14.8 Å². The molecule has 0 aromatic heterocycles. The molecule has 3 aromatic rings. The Morgan fingerprint density at radius 1 is 0.812 bits per heavy atom. The van der Waals surface area contributed by atoms with Crippen LogP contribution in [0.15, 0.2) is 72.8 Å². The molecule has 0 aliphatic rings. The van der Waals surface area contributed by atoms with Crippen molar-refractivity contribution in [1.29, 1.82) is 0 Å². The highest BCUT2D eigenvalue weighted by atomic mass is 16.5. The van der Waals surface area contributed by atoms with E-state index >= 15 is 0 Å². The molecular formula is C26H25NO5. The Bertz CT molecular complexity index is 1110. The van der Waals surface area contributed by atoms with Gasteiger partial charge in [0.25, 0.3) is 0 Å². The average molecular weight is 431 g/mol. The molecule has 0 radical (unpaired) electrons. The van der Waals surface area contributed by atoms with Gasteiger partial charge in [-0.3, -0.25) is 14.4 Å². The molecule has 164 valence electrons. The normalized spacial score (nSPS) is 10.3. The Hall–Kier alpha value is -3.93. The van der Waals surface area contributed by atoms with Gasteiger partial charge in [0.1, 0.15) is 0 Å². The summed E-state index contributed by atoms with van der Waals surface area (Å²) in [5, 5.41) is 2.82. The summed E-state index contributed by atoms with van der Waals surface area (Å²) in [5.74, 6) is 0.671. The number of carbonyl (C=O) groups is 3. The van der Waals surface area contributed by atoms with Crippen LogP contribution < -0.4 is 14.8 Å². The number of anilines is 1. The lowest BCUT2D eigenvalue weighted by Crippen LogP contribution is -2.13. The first-order valence-electron chi connectivity index (χ1n) is 10.3. The molecule has 0 atom stereocenters. The van der Waals surface area contributed by atoms with Crippen LogP contribution in [0.4, 0.5) is 5.69 Å². The van der Waals surface area contributed by atoms with Crippen LogP contribution in [0, 0.1) is 0 Å². The molecule has 32 heavy (non-hydrogen) atoms. The zero-order chi connectivity index (χ0) is 22.9. The van der Waals surface area contributed by atoms with Crippen molar-refractivity contribution < 1.29 is 23.9 Å². The fourth-order valence-corrected chi connectivity index (χ4v) is 3.14. The van der Waals surface area contributed by atoms with Crippen molar-refractivity contribution in [2.24, 2.45) is 0 Å². The van der Waals surface area contributed by atoms with Crippen LogP contribution in [0.5, 0.6) is 11.5 Å². The molecule has 0 heterocycles. The van der Waals surface area contributed by atoms with E-state index in [1.165, 1.54) is 14.0 Å². The van der Waals surface area contributed by atoms with Crippen LogP contribution in [0.2, 0.25) is 0 Å². The minimum Gasteiger partial charge on any atom is -0.493 e. The number of ketones is 2. The minimum atomic E-state index is -0.170. The molecule has 0 aliphatic heterocycles. The summed E-state index contributed by atoms with van der Waals surface area (Å²) < 4.78 is 11.0. The van der Waals surface area contributed by atoms with E-state index in [1.54, 1.807) is 54.6 Å². The van der Waals surface area contributed by atoms with Crippen molar-refractivity contribution in [3.05, 3.63) is 89.5 Å². The quantitative estimate of drug-likeness (QED) is 0.364. The number of carbonyl (C=O) groups excluding carboxylic acids is 3. The topological polar surface area (TPSA) is 81.7 Å². The van der Waals surface area contributed by atoms with Gasteiger partial charge in [-0.25, -0.2) is 0 Å². The van der Waals surface area contributed by atoms with E-state index in [-0.39, 0.29) is 23.9 Å². The van der Waals surface area contributed by atoms with Gasteiger partial charge in [-0.2, -0.15) is 0 Å². The lowest BCUT2D eigenvalue weighted by atomic mass is 10.0. The molecule has 0 bridgehead atoms. The summed E-state index contributed by atoms with van der Waals surface area (Å²) in [5.41, 5.74) is 2.22. The van der Waals surface area contributed by atoms with Crippen LogP contribution in [0.3, 0.4) is 0 Å². The van der Waals surface area contributed by atoms with Gasteiger partial charge in [-0.1, -0.05) is 42.5 Å². The molecule has 1 amide bonds. The molecule has 3 rings (SSSR count). The third-order valence-electron chi connectivity index (χ3n) is 4.82. The van der Waals surface area contributed by atoms with Gasteiger partial charge in [0.15, 0.2) is 23.1 Å². The van der Waals surface area contributed by atoms with Crippen LogP contribution in [-0.4, -0.2) is 31.2 Å². The number of amides is 1. The highest BCUT2D eigenvalue weighted by Gasteiger charge is 2.11. The van der Waals surface area contributed by atoms with Crippen LogP contribution >= 0.6 is 0 Å². The van der Waals surface area contributed by atoms with Crippen molar-refractivity contribution >= 4 is 23.2 Å². The summed E-state index contributed by atoms with van der Waals surface area (Å²) in [6.07, 6.45) is 0.747. The number of hydrogen-bond acceptors (Lipinski definition) is 5. The highest BCUT2D eigenvalue weighted by molar-refractivity contribution is 6.09. The van der Waals surface area contributed by atoms with Crippen LogP contribution in [0.25, 0.3) is 0 Å². The van der Waals surface area contributed by atoms with E-state index in [1.807, 2.05) is 18.2 Å². The number of ether oxygens (including phenoxy) is 2. The molecule has 0 saturated carbocycles. The molecular weight excluding hydrogens is 406 g/mol. The van der Waals surface area contributed by atoms with Gasteiger partial charge in [0, 0.05) is 28.8 Å². The van der Waals surface area contributed by atoms with Gasteiger partial charge >= 0.3 is 0 Å². The van der Waals surface area contributed by atoms with E-state index in [0.29, 0.717) is 46.9 Å². The lowest BCUT2D eigenvalue weighted by Gasteiger charge is -2.12. The molecule has 1 N–H and O–H groups in total. The molecule has 0 unspecified atom stereocenters. The lowest BCUT2D eigenvalue weighted by molar-refractivity contribution is -0.116.